The Balaban J connectivity index is 2.19. The third-order valence-corrected chi connectivity index (χ3v) is 2.98. The first-order valence-electron chi connectivity index (χ1n) is 6.78. The van der Waals surface area contributed by atoms with Crippen molar-refractivity contribution in [2.24, 2.45) is 0 Å². The molecule has 0 fully saturated rings. The molecule has 4 heteroatoms. The van der Waals surface area contributed by atoms with Gasteiger partial charge in [0.25, 0.3) is 5.91 Å². The Bertz CT molecular complexity index is 596. The maximum atomic E-state index is 12.4. The highest BCUT2D eigenvalue weighted by Crippen LogP contribution is 2.18. The number of rotatable bonds is 5. The van der Waals surface area contributed by atoms with Crippen molar-refractivity contribution in [2.45, 2.75) is 20.3 Å². The molecule has 1 aromatic carbocycles. The van der Waals surface area contributed by atoms with Gasteiger partial charge in [0, 0.05) is 18.4 Å². The first-order chi connectivity index (χ1) is 9.72. The Morgan fingerprint density at radius 2 is 2.00 bits per heavy atom. The molecule has 0 unspecified atom stereocenters. The SMILES string of the molecule is CCCNc1ccccc1C(=O)Nc1ncccc1C. The number of hydrogen-bond donors (Lipinski definition) is 2. The summed E-state index contributed by atoms with van der Waals surface area (Å²) in [5.41, 5.74) is 2.42. The smallest absolute Gasteiger partial charge is 0.258 e. The lowest BCUT2D eigenvalue weighted by molar-refractivity contribution is 0.102. The van der Waals surface area contributed by atoms with Crippen LogP contribution in [-0.2, 0) is 0 Å². The van der Waals surface area contributed by atoms with E-state index in [0.717, 1.165) is 24.2 Å². The predicted molar refractivity (Wildman–Crippen MR) is 82.1 cm³/mol. The van der Waals surface area contributed by atoms with Gasteiger partial charge in [-0.05, 0) is 37.1 Å². The molecule has 0 bridgehead atoms. The van der Waals surface area contributed by atoms with Crippen LogP contribution >= 0.6 is 0 Å². The number of pyridine rings is 1. The van der Waals surface area contributed by atoms with E-state index >= 15 is 0 Å². The van der Waals surface area contributed by atoms with Gasteiger partial charge in [0.05, 0.1) is 5.56 Å². The van der Waals surface area contributed by atoms with Gasteiger partial charge in [0.15, 0.2) is 0 Å². The van der Waals surface area contributed by atoms with Crippen molar-refractivity contribution in [1.29, 1.82) is 0 Å². The average Bonchev–Trinajstić information content (AvgIpc) is 2.47. The monoisotopic (exact) mass is 269 g/mol. The van der Waals surface area contributed by atoms with Crippen molar-refractivity contribution in [3.63, 3.8) is 0 Å². The number of aryl methyl sites for hydroxylation is 1. The maximum Gasteiger partial charge on any atom is 0.258 e. The van der Waals surface area contributed by atoms with E-state index in [9.17, 15) is 4.79 Å². The minimum absolute atomic E-state index is 0.147. The van der Waals surface area contributed by atoms with E-state index < -0.39 is 0 Å². The lowest BCUT2D eigenvalue weighted by atomic mass is 10.1. The van der Waals surface area contributed by atoms with Gasteiger partial charge >= 0.3 is 0 Å². The highest BCUT2D eigenvalue weighted by Gasteiger charge is 2.12. The number of nitrogens with zero attached hydrogens (tertiary/aromatic N) is 1. The number of amides is 1. The molecule has 0 radical (unpaired) electrons. The summed E-state index contributed by atoms with van der Waals surface area (Å²) < 4.78 is 0. The van der Waals surface area contributed by atoms with Gasteiger partial charge in [-0.3, -0.25) is 4.79 Å². The van der Waals surface area contributed by atoms with Gasteiger partial charge in [-0.2, -0.15) is 0 Å². The van der Waals surface area contributed by atoms with Crippen LogP contribution in [0.5, 0.6) is 0 Å². The number of hydrogen-bond acceptors (Lipinski definition) is 3. The zero-order valence-electron chi connectivity index (χ0n) is 11.8. The van der Waals surface area contributed by atoms with E-state index in [0.29, 0.717) is 11.4 Å². The number of carbonyl (C=O) groups excluding carboxylic acids is 1. The predicted octanol–water partition coefficient (Wildman–Crippen LogP) is 3.46. The quantitative estimate of drug-likeness (QED) is 0.874. The van der Waals surface area contributed by atoms with Crippen molar-refractivity contribution < 1.29 is 4.79 Å². The number of para-hydroxylation sites is 1. The second kappa shape index (κ2) is 6.70. The van der Waals surface area contributed by atoms with Gasteiger partial charge < -0.3 is 10.6 Å². The van der Waals surface area contributed by atoms with Crippen LogP contribution in [0.25, 0.3) is 0 Å². The first-order valence-corrected chi connectivity index (χ1v) is 6.78. The summed E-state index contributed by atoms with van der Waals surface area (Å²) in [6, 6.07) is 11.3. The molecule has 0 aliphatic rings. The van der Waals surface area contributed by atoms with Gasteiger partial charge in [0.2, 0.25) is 0 Å². The number of nitrogens with one attached hydrogen (secondary N) is 2. The van der Waals surface area contributed by atoms with Crippen molar-refractivity contribution in [3.05, 3.63) is 53.7 Å². The summed E-state index contributed by atoms with van der Waals surface area (Å²) in [4.78, 5) is 16.5. The van der Waals surface area contributed by atoms with Crippen LogP contribution in [0, 0.1) is 6.92 Å². The van der Waals surface area contributed by atoms with E-state index in [4.69, 9.17) is 0 Å². The fourth-order valence-corrected chi connectivity index (χ4v) is 1.89. The van der Waals surface area contributed by atoms with Crippen molar-refractivity contribution in [3.8, 4) is 0 Å². The molecular formula is C16H19N3O. The molecule has 0 spiro atoms. The molecule has 4 nitrogen and oxygen atoms in total. The van der Waals surface area contributed by atoms with E-state index in [-0.39, 0.29) is 5.91 Å². The van der Waals surface area contributed by atoms with Crippen molar-refractivity contribution in [2.75, 3.05) is 17.2 Å². The minimum Gasteiger partial charge on any atom is -0.384 e. The summed E-state index contributed by atoms with van der Waals surface area (Å²) >= 11 is 0. The Morgan fingerprint density at radius 1 is 1.20 bits per heavy atom. The van der Waals surface area contributed by atoms with E-state index in [2.05, 4.69) is 22.5 Å². The van der Waals surface area contributed by atoms with Crippen LogP contribution in [0.2, 0.25) is 0 Å². The minimum atomic E-state index is -0.147. The number of anilines is 2. The van der Waals surface area contributed by atoms with Gasteiger partial charge in [-0.1, -0.05) is 25.1 Å². The third-order valence-electron chi connectivity index (χ3n) is 2.98. The summed E-state index contributed by atoms with van der Waals surface area (Å²) in [5, 5.41) is 6.12. The molecule has 2 rings (SSSR count). The molecule has 1 aromatic heterocycles. The maximum absolute atomic E-state index is 12.4. The number of benzene rings is 1. The lowest BCUT2D eigenvalue weighted by Gasteiger charge is -2.12. The summed E-state index contributed by atoms with van der Waals surface area (Å²) in [6.07, 6.45) is 2.68. The lowest BCUT2D eigenvalue weighted by Crippen LogP contribution is -2.16. The van der Waals surface area contributed by atoms with E-state index in [1.54, 1.807) is 6.20 Å². The molecule has 20 heavy (non-hydrogen) atoms. The molecule has 2 aromatic rings. The van der Waals surface area contributed by atoms with Gasteiger partial charge in [-0.15, -0.1) is 0 Å². The molecule has 1 amide bonds. The van der Waals surface area contributed by atoms with Gasteiger partial charge in [-0.25, -0.2) is 4.98 Å². The molecule has 0 aliphatic heterocycles. The summed E-state index contributed by atoms with van der Waals surface area (Å²) in [7, 11) is 0. The van der Waals surface area contributed by atoms with Crippen LogP contribution in [0.4, 0.5) is 11.5 Å². The zero-order valence-corrected chi connectivity index (χ0v) is 11.8. The van der Waals surface area contributed by atoms with Crippen molar-refractivity contribution >= 4 is 17.4 Å². The van der Waals surface area contributed by atoms with Crippen LogP contribution in [0.15, 0.2) is 42.6 Å². The normalized spacial score (nSPS) is 10.1. The highest BCUT2D eigenvalue weighted by molar-refractivity contribution is 6.07. The second-order valence-corrected chi connectivity index (χ2v) is 4.60. The number of aromatic nitrogens is 1. The van der Waals surface area contributed by atoms with Crippen LogP contribution < -0.4 is 10.6 Å². The zero-order chi connectivity index (χ0) is 14.4. The molecule has 0 atom stereocenters. The molecule has 2 N–H and O–H groups in total. The Labute approximate surface area is 119 Å². The molecule has 104 valence electrons. The fourth-order valence-electron chi connectivity index (χ4n) is 1.89. The Hall–Kier alpha value is -2.36. The molecule has 0 aliphatic carbocycles. The highest BCUT2D eigenvalue weighted by atomic mass is 16.1. The summed E-state index contributed by atoms with van der Waals surface area (Å²) in [5.74, 6) is 0.453. The molecule has 0 saturated heterocycles. The fraction of sp³-hybridized carbons (Fsp3) is 0.250. The first kappa shape index (κ1) is 14.1. The van der Waals surface area contributed by atoms with Crippen molar-refractivity contribution in [1.82, 2.24) is 4.98 Å². The summed E-state index contributed by atoms with van der Waals surface area (Å²) in [6.45, 7) is 4.85. The second-order valence-electron chi connectivity index (χ2n) is 4.60. The van der Waals surface area contributed by atoms with E-state index in [1.165, 1.54) is 0 Å². The molecular weight excluding hydrogens is 250 g/mol. The number of carbonyl (C=O) groups is 1. The van der Waals surface area contributed by atoms with Crippen LogP contribution in [-0.4, -0.2) is 17.4 Å². The Kier molecular flexibility index (Phi) is 4.71. The largest absolute Gasteiger partial charge is 0.384 e. The Morgan fingerprint density at radius 3 is 2.75 bits per heavy atom. The molecule has 0 saturated carbocycles. The molecule has 1 heterocycles. The topological polar surface area (TPSA) is 54.0 Å². The average molecular weight is 269 g/mol. The van der Waals surface area contributed by atoms with Gasteiger partial charge in [0.1, 0.15) is 5.82 Å². The van der Waals surface area contributed by atoms with Crippen LogP contribution in [0.1, 0.15) is 29.3 Å². The third kappa shape index (κ3) is 3.35. The standard InChI is InChI=1S/C16H19N3O/c1-3-10-17-14-9-5-4-8-13(14)16(20)19-15-12(2)7-6-11-18-15/h4-9,11,17H,3,10H2,1-2H3,(H,18,19,20). The van der Waals surface area contributed by atoms with E-state index in [1.807, 2.05) is 43.3 Å². The van der Waals surface area contributed by atoms with Crippen LogP contribution in [0.3, 0.4) is 0 Å².